The first kappa shape index (κ1) is 16.5. The van der Waals surface area contributed by atoms with Crippen LogP contribution in [-0.2, 0) is 21.8 Å². The SMILES string of the molecule is Cc1noc([C@H](C)S(=O)(=O)Cc2ccccc2C(F)(F)F)n1. The van der Waals surface area contributed by atoms with Crippen LogP contribution in [0.4, 0.5) is 13.2 Å². The Kier molecular flexibility index (Phi) is 4.28. The quantitative estimate of drug-likeness (QED) is 0.859. The van der Waals surface area contributed by atoms with Gasteiger partial charge in [-0.25, -0.2) is 8.42 Å². The van der Waals surface area contributed by atoms with Crippen LogP contribution < -0.4 is 0 Å². The third kappa shape index (κ3) is 3.46. The zero-order valence-corrected chi connectivity index (χ0v) is 12.6. The van der Waals surface area contributed by atoms with Crippen LogP contribution >= 0.6 is 0 Å². The standard InChI is InChI=1S/C13H13F3N2O3S/c1-8(12-17-9(2)18-21-12)22(19,20)7-10-5-3-4-6-11(10)13(14,15)16/h3-6,8H,7H2,1-2H3/t8-/m0/s1. The lowest BCUT2D eigenvalue weighted by molar-refractivity contribution is -0.138. The molecule has 0 radical (unpaired) electrons. The fourth-order valence-electron chi connectivity index (χ4n) is 1.90. The fraction of sp³-hybridized carbons (Fsp3) is 0.385. The average molecular weight is 334 g/mol. The van der Waals surface area contributed by atoms with E-state index in [4.69, 9.17) is 4.52 Å². The molecule has 0 aliphatic heterocycles. The summed E-state index contributed by atoms with van der Waals surface area (Å²) in [7, 11) is -3.93. The molecule has 0 spiro atoms. The summed E-state index contributed by atoms with van der Waals surface area (Å²) in [5, 5.41) is 2.30. The smallest absolute Gasteiger partial charge is 0.338 e. The normalized spacial score (nSPS) is 14.0. The van der Waals surface area contributed by atoms with Gasteiger partial charge in [0, 0.05) is 0 Å². The number of aryl methyl sites for hydroxylation is 1. The van der Waals surface area contributed by atoms with Crippen molar-refractivity contribution in [2.45, 2.75) is 31.0 Å². The number of aromatic nitrogens is 2. The first-order valence-corrected chi connectivity index (χ1v) is 7.99. The Morgan fingerprint density at radius 3 is 2.45 bits per heavy atom. The molecule has 0 saturated carbocycles. The van der Waals surface area contributed by atoms with Crippen molar-refractivity contribution in [3.63, 3.8) is 0 Å². The van der Waals surface area contributed by atoms with E-state index < -0.39 is 32.6 Å². The van der Waals surface area contributed by atoms with Gasteiger partial charge >= 0.3 is 6.18 Å². The highest BCUT2D eigenvalue weighted by Crippen LogP contribution is 2.34. The third-order valence-electron chi connectivity index (χ3n) is 3.11. The molecule has 1 aromatic carbocycles. The van der Waals surface area contributed by atoms with Crippen LogP contribution in [0.1, 0.15) is 35.0 Å². The number of nitrogens with zero attached hydrogens (tertiary/aromatic N) is 2. The molecule has 1 heterocycles. The van der Waals surface area contributed by atoms with Gasteiger partial charge in [0.15, 0.2) is 15.7 Å². The number of rotatable bonds is 4. The number of hydrogen-bond acceptors (Lipinski definition) is 5. The summed E-state index contributed by atoms with van der Waals surface area (Å²) in [6, 6.07) is 4.57. The minimum atomic E-state index is -4.61. The maximum Gasteiger partial charge on any atom is 0.416 e. The number of hydrogen-bond donors (Lipinski definition) is 0. The predicted molar refractivity (Wildman–Crippen MR) is 71.5 cm³/mol. The fourth-order valence-corrected chi connectivity index (χ4v) is 3.23. The summed E-state index contributed by atoms with van der Waals surface area (Å²) in [5.41, 5.74) is -1.27. The second-order valence-corrected chi connectivity index (χ2v) is 7.11. The molecule has 0 bridgehead atoms. The van der Waals surface area contributed by atoms with Crippen LogP contribution in [0.5, 0.6) is 0 Å². The highest BCUT2D eigenvalue weighted by atomic mass is 32.2. The van der Waals surface area contributed by atoms with Crippen molar-refractivity contribution >= 4 is 9.84 Å². The second kappa shape index (κ2) is 5.71. The summed E-state index contributed by atoms with van der Waals surface area (Å²) in [5.74, 6) is -0.639. The minimum absolute atomic E-state index is 0.137. The van der Waals surface area contributed by atoms with E-state index in [1.54, 1.807) is 0 Å². The van der Waals surface area contributed by atoms with Crippen molar-refractivity contribution in [3.8, 4) is 0 Å². The third-order valence-corrected chi connectivity index (χ3v) is 5.10. The van der Waals surface area contributed by atoms with E-state index in [1.807, 2.05) is 0 Å². The summed E-state index contributed by atoms with van der Waals surface area (Å²) < 4.78 is 68.1. The lowest BCUT2D eigenvalue weighted by atomic mass is 10.1. The Morgan fingerprint density at radius 2 is 1.91 bits per heavy atom. The molecule has 120 valence electrons. The van der Waals surface area contributed by atoms with Gasteiger partial charge in [0.05, 0.1) is 11.3 Å². The molecule has 0 saturated heterocycles. The van der Waals surface area contributed by atoms with Crippen molar-refractivity contribution in [1.82, 2.24) is 10.1 Å². The number of benzene rings is 1. The van der Waals surface area contributed by atoms with Gasteiger partial charge in [0.25, 0.3) is 0 Å². The highest BCUT2D eigenvalue weighted by molar-refractivity contribution is 7.90. The van der Waals surface area contributed by atoms with Gasteiger partial charge in [0.2, 0.25) is 5.89 Å². The van der Waals surface area contributed by atoms with E-state index in [0.29, 0.717) is 0 Å². The molecule has 0 aliphatic rings. The van der Waals surface area contributed by atoms with Gasteiger partial charge in [0.1, 0.15) is 5.25 Å². The predicted octanol–water partition coefficient (Wildman–Crippen LogP) is 3.07. The van der Waals surface area contributed by atoms with Crippen LogP contribution in [0, 0.1) is 6.92 Å². The van der Waals surface area contributed by atoms with Gasteiger partial charge in [-0.3, -0.25) is 0 Å². The molecule has 1 atom stereocenters. The van der Waals surface area contributed by atoms with Gasteiger partial charge in [-0.1, -0.05) is 23.4 Å². The van der Waals surface area contributed by atoms with Crippen LogP contribution in [0.25, 0.3) is 0 Å². The minimum Gasteiger partial charge on any atom is -0.338 e. The van der Waals surface area contributed by atoms with Gasteiger partial charge < -0.3 is 4.52 Å². The van der Waals surface area contributed by atoms with Gasteiger partial charge in [-0.05, 0) is 25.5 Å². The highest BCUT2D eigenvalue weighted by Gasteiger charge is 2.36. The van der Waals surface area contributed by atoms with E-state index in [1.165, 1.54) is 26.0 Å². The van der Waals surface area contributed by atoms with Crippen LogP contribution in [-0.4, -0.2) is 18.6 Å². The van der Waals surface area contributed by atoms with Crippen LogP contribution in [0.2, 0.25) is 0 Å². The van der Waals surface area contributed by atoms with Crippen molar-refractivity contribution < 1.29 is 26.1 Å². The number of sulfone groups is 1. The maximum absolute atomic E-state index is 12.9. The molecule has 9 heteroatoms. The molecule has 1 aromatic heterocycles. The Hall–Kier alpha value is -1.90. The number of halogens is 3. The average Bonchev–Trinajstić information content (AvgIpc) is 2.83. The van der Waals surface area contributed by atoms with E-state index >= 15 is 0 Å². The summed E-state index contributed by atoms with van der Waals surface area (Å²) >= 11 is 0. The Morgan fingerprint density at radius 1 is 1.27 bits per heavy atom. The molecule has 2 aromatic rings. The van der Waals surface area contributed by atoms with Crippen molar-refractivity contribution in [3.05, 3.63) is 47.1 Å². The molecule has 0 aliphatic carbocycles. The topological polar surface area (TPSA) is 73.1 Å². The van der Waals surface area contributed by atoms with Crippen molar-refractivity contribution in [2.75, 3.05) is 0 Å². The Labute approximate surface area is 125 Å². The van der Waals surface area contributed by atoms with Crippen molar-refractivity contribution in [2.24, 2.45) is 0 Å². The molecular weight excluding hydrogens is 321 g/mol. The first-order valence-electron chi connectivity index (χ1n) is 6.28. The monoisotopic (exact) mass is 334 g/mol. The van der Waals surface area contributed by atoms with Crippen molar-refractivity contribution in [1.29, 1.82) is 0 Å². The molecular formula is C13H13F3N2O3S. The molecule has 0 fully saturated rings. The summed E-state index contributed by atoms with van der Waals surface area (Å²) in [6.07, 6.45) is -4.61. The molecule has 0 unspecified atom stereocenters. The Bertz CT molecular complexity index is 769. The summed E-state index contributed by atoms with van der Waals surface area (Å²) in [6.45, 7) is 2.82. The Balaban J connectivity index is 2.34. The van der Waals surface area contributed by atoms with Gasteiger partial charge in [-0.2, -0.15) is 18.2 Å². The van der Waals surface area contributed by atoms with Gasteiger partial charge in [-0.15, -0.1) is 0 Å². The molecule has 0 N–H and O–H groups in total. The lowest BCUT2D eigenvalue weighted by Crippen LogP contribution is -2.17. The van der Waals surface area contributed by atoms with E-state index in [-0.39, 0.29) is 17.3 Å². The molecule has 5 nitrogen and oxygen atoms in total. The maximum atomic E-state index is 12.9. The van der Waals surface area contributed by atoms with E-state index in [9.17, 15) is 21.6 Å². The first-order chi connectivity index (χ1) is 10.1. The van der Waals surface area contributed by atoms with Crippen LogP contribution in [0.15, 0.2) is 28.8 Å². The zero-order valence-electron chi connectivity index (χ0n) is 11.8. The molecule has 22 heavy (non-hydrogen) atoms. The largest absolute Gasteiger partial charge is 0.416 e. The molecule has 0 amide bonds. The summed E-state index contributed by atoms with van der Waals surface area (Å²) in [4.78, 5) is 3.81. The lowest BCUT2D eigenvalue weighted by Gasteiger charge is -2.14. The second-order valence-electron chi connectivity index (χ2n) is 4.78. The molecule has 2 rings (SSSR count). The zero-order chi connectivity index (χ0) is 16.5. The number of alkyl halides is 3. The van der Waals surface area contributed by atoms with E-state index in [0.717, 1.165) is 12.1 Å². The van der Waals surface area contributed by atoms with Crippen LogP contribution in [0.3, 0.4) is 0 Å². The van der Waals surface area contributed by atoms with E-state index in [2.05, 4.69) is 10.1 Å².